The zero-order valence-corrected chi connectivity index (χ0v) is 10.7. The molecule has 1 atom stereocenters. The van der Waals surface area contributed by atoms with Gasteiger partial charge in [-0.3, -0.25) is 9.69 Å². The molecule has 0 aromatic carbocycles. The summed E-state index contributed by atoms with van der Waals surface area (Å²) in [6.07, 6.45) is 0. The highest BCUT2D eigenvalue weighted by molar-refractivity contribution is 7.12. The lowest BCUT2D eigenvalue weighted by molar-refractivity contribution is 0.0751. The number of carbonyl (C=O) groups excluding carboxylic acids is 1. The highest BCUT2D eigenvalue weighted by atomic mass is 32.1. The molecule has 3 nitrogen and oxygen atoms in total. The Hall–Kier alpha value is -0.710. The lowest BCUT2D eigenvalue weighted by atomic mass is 10.2. The Balaban J connectivity index is 1.92. The molecule has 0 saturated carbocycles. The van der Waals surface area contributed by atoms with E-state index < -0.39 is 0 Å². The van der Waals surface area contributed by atoms with E-state index >= 15 is 0 Å². The maximum Gasteiger partial charge on any atom is 0.186 e. The Morgan fingerprint density at radius 1 is 1.56 bits per heavy atom. The summed E-state index contributed by atoms with van der Waals surface area (Å²) in [4.78, 5) is 17.4. The van der Waals surface area contributed by atoms with Crippen molar-refractivity contribution in [3.8, 4) is 0 Å². The molecular weight excluding hydrogens is 220 g/mol. The summed E-state index contributed by atoms with van der Waals surface area (Å²) in [5.74, 6) is 0.256. The fourth-order valence-electron chi connectivity index (χ4n) is 2.11. The topological polar surface area (TPSA) is 23.6 Å². The quantitative estimate of drug-likeness (QED) is 0.747. The van der Waals surface area contributed by atoms with Crippen LogP contribution in [0, 0.1) is 0 Å². The van der Waals surface area contributed by atoms with Gasteiger partial charge in [0.2, 0.25) is 0 Å². The first kappa shape index (κ1) is 11.8. The van der Waals surface area contributed by atoms with Crippen molar-refractivity contribution >= 4 is 17.1 Å². The highest BCUT2D eigenvalue weighted by Crippen LogP contribution is 2.13. The van der Waals surface area contributed by atoms with Crippen molar-refractivity contribution in [3.63, 3.8) is 0 Å². The van der Waals surface area contributed by atoms with E-state index in [0.717, 1.165) is 24.5 Å². The van der Waals surface area contributed by atoms with E-state index in [2.05, 4.69) is 23.8 Å². The van der Waals surface area contributed by atoms with Gasteiger partial charge in [-0.1, -0.05) is 6.07 Å². The van der Waals surface area contributed by atoms with Crippen molar-refractivity contribution in [1.29, 1.82) is 0 Å². The largest absolute Gasteiger partial charge is 0.304 e. The fourth-order valence-corrected chi connectivity index (χ4v) is 2.77. The van der Waals surface area contributed by atoms with E-state index in [-0.39, 0.29) is 5.78 Å². The van der Waals surface area contributed by atoms with Gasteiger partial charge in [-0.25, -0.2) is 0 Å². The normalized spacial score (nSPS) is 23.5. The van der Waals surface area contributed by atoms with Gasteiger partial charge in [0.25, 0.3) is 0 Å². The molecule has 2 rings (SSSR count). The Bertz CT molecular complexity index is 350. The van der Waals surface area contributed by atoms with E-state index in [1.165, 1.54) is 11.3 Å². The standard InChI is InChI=1S/C12H18N2OS/c1-10-8-13(2)5-6-14(10)9-11(15)12-4-3-7-16-12/h3-4,7,10H,5-6,8-9H2,1-2H3. The monoisotopic (exact) mass is 238 g/mol. The number of piperazine rings is 1. The predicted octanol–water partition coefficient (Wildman–Crippen LogP) is 1.57. The number of hydrogen-bond acceptors (Lipinski definition) is 4. The van der Waals surface area contributed by atoms with Crippen molar-refractivity contribution < 1.29 is 4.79 Å². The molecule has 0 N–H and O–H groups in total. The second kappa shape index (κ2) is 5.08. The molecule has 1 aromatic rings. The van der Waals surface area contributed by atoms with E-state index in [1.54, 1.807) is 0 Å². The van der Waals surface area contributed by atoms with Crippen LogP contribution < -0.4 is 0 Å². The molecule has 1 fully saturated rings. The molecule has 0 amide bonds. The van der Waals surface area contributed by atoms with Gasteiger partial charge in [-0.15, -0.1) is 11.3 Å². The zero-order chi connectivity index (χ0) is 11.5. The van der Waals surface area contributed by atoms with Gasteiger partial charge < -0.3 is 4.90 Å². The summed E-state index contributed by atoms with van der Waals surface area (Å²) in [6.45, 7) is 5.86. The van der Waals surface area contributed by atoms with Gasteiger partial charge >= 0.3 is 0 Å². The lowest BCUT2D eigenvalue weighted by Crippen LogP contribution is -2.51. The van der Waals surface area contributed by atoms with Gasteiger partial charge in [0.15, 0.2) is 5.78 Å². The van der Waals surface area contributed by atoms with E-state index in [4.69, 9.17) is 0 Å². The Labute approximate surface area is 101 Å². The van der Waals surface area contributed by atoms with Crippen molar-refractivity contribution in [3.05, 3.63) is 22.4 Å². The van der Waals surface area contributed by atoms with Crippen LogP contribution in [0.4, 0.5) is 0 Å². The average molecular weight is 238 g/mol. The molecule has 0 radical (unpaired) electrons. The molecule has 1 unspecified atom stereocenters. The Morgan fingerprint density at radius 2 is 2.38 bits per heavy atom. The SMILES string of the molecule is CC1CN(C)CCN1CC(=O)c1cccs1. The lowest BCUT2D eigenvalue weighted by Gasteiger charge is -2.37. The second-order valence-electron chi connectivity index (χ2n) is 4.48. The number of likely N-dealkylation sites (N-methyl/N-ethyl adjacent to an activating group) is 1. The van der Waals surface area contributed by atoms with Crippen molar-refractivity contribution in [2.75, 3.05) is 33.2 Å². The minimum Gasteiger partial charge on any atom is -0.304 e. The minimum atomic E-state index is 0.256. The molecule has 16 heavy (non-hydrogen) atoms. The van der Waals surface area contributed by atoms with Crippen molar-refractivity contribution in [2.24, 2.45) is 0 Å². The van der Waals surface area contributed by atoms with Crippen molar-refractivity contribution in [2.45, 2.75) is 13.0 Å². The first-order chi connectivity index (χ1) is 7.66. The molecule has 2 heterocycles. The number of hydrogen-bond donors (Lipinski definition) is 0. The maximum atomic E-state index is 12.0. The van der Waals surface area contributed by atoms with Crippen LogP contribution >= 0.6 is 11.3 Å². The summed E-state index contributed by atoms with van der Waals surface area (Å²) in [7, 11) is 2.13. The zero-order valence-electron chi connectivity index (χ0n) is 9.85. The maximum absolute atomic E-state index is 12.0. The third-order valence-corrected chi connectivity index (χ3v) is 4.02. The number of thiophene rings is 1. The van der Waals surface area contributed by atoms with Crippen LogP contribution in [-0.2, 0) is 0 Å². The number of carbonyl (C=O) groups is 1. The molecule has 1 saturated heterocycles. The second-order valence-corrected chi connectivity index (χ2v) is 5.43. The van der Waals surface area contributed by atoms with E-state index in [1.807, 2.05) is 17.5 Å². The molecule has 1 aliphatic heterocycles. The molecule has 4 heteroatoms. The first-order valence-corrected chi connectivity index (χ1v) is 6.54. The van der Waals surface area contributed by atoms with Crippen LogP contribution in [-0.4, -0.2) is 54.9 Å². The number of Topliss-reactive ketones (excluding diaryl/α,β-unsaturated/α-hetero) is 1. The Kier molecular flexibility index (Phi) is 3.74. The number of rotatable bonds is 3. The number of nitrogens with zero attached hydrogens (tertiary/aromatic N) is 2. The van der Waals surface area contributed by atoms with Crippen LogP contribution in [0.15, 0.2) is 17.5 Å². The van der Waals surface area contributed by atoms with Crippen LogP contribution in [0.25, 0.3) is 0 Å². The predicted molar refractivity (Wildman–Crippen MR) is 67.2 cm³/mol. The number of ketones is 1. The Morgan fingerprint density at radius 3 is 3.00 bits per heavy atom. The molecule has 1 aliphatic rings. The van der Waals surface area contributed by atoms with Gasteiger partial charge in [0.1, 0.15) is 0 Å². The fraction of sp³-hybridized carbons (Fsp3) is 0.583. The summed E-state index contributed by atoms with van der Waals surface area (Å²) in [5, 5.41) is 1.96. The smallest absolute Gasteiger partial charge is 0.186 e. The van der Waals surface area contributed by atoms with Crippen LogP contribution in [0.1, 0.15) is 16.6 Å². The molecule has 0 aliphatic carbocycles. The van der Waals surface area contributed by atoms with Gasteiger partial charge in [0.05, 0.1) is 11.4 Å². The third-order valence-electron chi connectivity index (χ3n) is 3.11. The van der Waals surface area contributed by atoms with E-state index in [9.17, 15) is 4.79 Å². The molecule has 88 valence electrons. The van der Waals surface area contributed by atoms with Gasteiger partial charge in [0, 0.05) is 25.7 Å². The van der Waals surface area contributed by atoms with Crippen LogP contribution in [0.5, 0.6) is 0 Å². The van der Waals surface area contributed by atoms with E-state index in [0.29, 0.717) is 12.6 Å². The average Bonchev–Trinajstić information content (AvgIpc) is 2.75. The summed E-state index contributed by atoms with van der Waals surface area (Å²) < 4.78 is 0. The third kappa shape index (κ3) is 2.70. The summed E-state index contributed by atoms with van der Waals surface area (Å²) in [6, 6.07) is 4.32. The highest BCUT2D eigenvalue weighted by Gasteiger charge is 2.23. The summed E-state index contributed by atoms with van der Waals surface area (Å²) >= 11 is 1.53. The molecule has 1 aromatic heterocycles. The summed E-state index contributed by atoms with van der Waals surface area (Å²) in [5.41, 5.74) is 0. The minimum absolute atomic E-state index is 0.256. The van der Waals surface area contributed by atoms with Crippen LogP contribution in [0.3, 0.4) is 0 Å². The molecule has 0 spiro atoms. The van der Waals surface area contributed by atoms with Gasteiger partial charge in [-0.05, 0) is 25.4 Å². The van der Waals surface area contributed by atoms with Crippen LogP contribution in [0.2, 0.25) is 0 Å². The van der Waals surface area contributed by atoms with Crippen molar-refractivity contribution in [1.82, 2.24) is 9.80 Å². The molecular formula is C12H18N2OS. The first-order valence-electron chi connectivity index (χ1n) is 5.66. The molecule has 0 bridgehead atoms. The van der Waals surface area contributed by atoms with Gasteiger partial charge in [-0.2, -0.15) is 0 Å².